The molecule has 1 saturated heterocycles. The van der Waals surface area contributed by atoms with Crippen molar-refractivity contribution in [1.82, 2.24) is 19.3 Å². The maximum absolute atomic E-state index is 14.8. The molecule has 1 saturated carbocycles. The van der Waals surface area contributed by atoms with Crippen molar-refractivity contribution in [2.75, 3.05) is 25.5 Å². The van der Waals surface area contributed by atoms with E-state index < -0.39 is 23.9 Å². The van der Waals surface area contributed by atoms with Crippen molar-refractivity contribution in [2.45, 2.75) is 63.8 Å². The van der Waals surface area contributed by atoms with Gasteiger partial charge in [-0.2, -0.15) is 0 Å². The molecule has 4 heterocycles. The average Bonchev–Trinajstić information content (AvgIpc) is 3.24. The van der Waals surface area contributed by atoms with E-state index >= 15 is 0 Å². The number of imidazole rings is 1. The van der Waals surface area contributed by atoms with Crippen molar-refractivity contribution in [2.24, 2.45) is 0 Å². The predicted molar refractivity (Wildman–Crippen MR) is 132 cm³/mol. The first kappa shape index (κ1) is 23.4. The van der Waals surface area contributed by atoms with E-state index in [0.717, 1.165) is 41.2 Å². The van der Waals surface area contributed by atoms with Crippen LogP contribution in [0, 0.1) is 0 Å². The Hall–Kier alpha value is -3.36. The van der Waals surface area contributed by atoms with Crippen molar-refractivity contribution >= 4 is 17.6 Å². The van der Waals surface area contributed by atoms with Crippen LogP contribution in [0.15, 0.2) is 36.7 Å². The third kappa shape index (κ3) is 4.63. The minimum Gasteiger partial charge on any atom is -0.496 e. The van der Waals surface area contributed by atoms with E-state index in [4.69, 9.17) is 14.5 Å². The highest BCUT2D eigenvalue weighted by Crippen LogP contribution is 2.51. The Kier molecular flexibility index (Phi) is 5.61. The van der Waals surface area contributed by atoms with Crippen LogP contribution < -0.4 is 10.1 Å². The summed E-state index contributed by atoms with van der Waals surface area (Å²) in [6.07, 6.45) is 4.41. The van der Waals surface area contributed by atoms with Gasteiger partial charge in [-0.25, -0.2) is 19.2 Å². The molecule has 0 radical (unpaired) electrons. The van der Waals surface area contributed by atoms with E-state index in [1.807, 2.05) is 22.6 Å². The van der Waals surface area contributed by atoms with Crippen LogP contribution >= 0.6 is 0 Å². The van der Waals surface area contributed by atoms with Gasteiger partial charge in [0.05, 0.1) is 37.3 Å². The van der Waals surface area contributed by atoms with Crippen molar-refractivity contribution in [3.63, 3.8) is 0 Å². The van der Waals surface area contributed by atoms with Crippen LogP contribution in [-0.4, -0.2) is 63.4 Å². The van der Waals surface area contributed by atoms with Gasteiger partial charge in [-0.15, -0.1) is 0 Å². The maximum Gasteiger partial charge on any atom is 0.410 e. The zero-order valence-corrected chi connectivity index (χ0v) is 20.8. The van der Waals surface area contributed by atoms with Crippen molar-refractivity contribution in [3.8, 4) is 17.1 Å². The molecule has 5 rings (SSSR count). The number of ether oxygens (including phenoxy) is 2. The van der Waals surface area contributed by atoms with Gasteiger partial charge in [0.2, 0.25) is 0 Å². The van der Waals surface area contributed by atoms with Crippen LogP contribution in [0.1, 0.15) is 46.1 Å². The number of methoxy groups -OCH3 is 1. The zero-order chi connectivity index (χ0) is 25.0. The smallest absolute Gasteiger partial charge is 0.410 e. The summed E-state index contributed by atoms with van der Waals surface area (Å²) in [5.41, 5.74) is 3.00. The minimum absolute atomic E-state index is 0.0110. The van der Waals surface area contributed by atoms with Crippen LogP contribution in [0.25, 0.3) is 17.0 Å². The van der Waals surface area contributed by atoms with Gasteiger partial charge in [0.25, 0.3) is 0 Å². The quantitative estimate of drug-likeness (QED) is 0.563. The molecule has 35 heavy (non-hydrogen) atoms. The molecule has 0 aromatic carbocycles. The summed E-state index contributed by atoms with van der Waals surface area (Å²) in [6.45, 7) is 7.82. The number of nitrogens with one attached hydrogen (secondary N) is 1. The Balaban J connectivity index is 1.38. The summed E-state index contributed by atoms with van der Waals surface area (Å²) < 4.78 is 27.8. The second kappa shape index (κ2) is 8.39. The van der Waals surface area contributed by atoms with Gasteiger partial charge in [-0.1, -0.05) is 13.0 Å². The third-order valence-electron chi connectivity index (χ3n) is 6.72. The van der Waals surface area contributed by atoms with E-state index in [1.54, 1.807) is 40.1 Å². The first-order chi connectivity index (χ1) is 16.6. The molecule has 9 heteroatoms. The number of fused-ring (bicyclic) bond motifs is 1. The minimum atomic E-state index is -1.22. The monoisotopic (exact) mass is 481 g/mol. The number of amides is 1. The number of halogens is 1. The Bertz CT molecular complexity index is 1260. The molecule has 0 spiro atoms. The molecule has 2 fully saturated rings. The van der Waals surface area contributed by atoms with Gasteiger partial charge < -0.3 is 19.7 Å². The van der Waals surface area contributed by atoms with Crippen LogP contribution in [0.4, 0.5) is 15.0 Å². The molecule has 2 atom stereocenters. The first-order valence-corrected chi connectivity index (χ1v) is 12.0. The number of anilines is 1. The van der Waals surface area contributed by atoms with Crippen molar-refractivity contribution in [3.05, 3.63) is 42.2 Å². The van der Waals surface area contributed by atoms with Gasteiger partial charge in [0, 0.05) is 24.4 Å². The Morgan fingerprint density at radius 3 is 2.71 bits per heavy atom. The molecule has 2 aliphatic rings. The number of nitrogens with zero attached hydrogens (tertiary/aromatic N) is 4. The number of aromatic nitrogens is 3. The number of alkyl halides is 1. The molecule has 1 aliphatic heterocycles. The number of carbonyl (C=O) groups excluding carboxylic acids is 1. The van der Waals surface area contributed by atoms with Crippen LogP contribution in [-0.2, 0) is 10.2 Å². The van der Waals surface area contributed by atoms with Crippen LogP contribution in [0.2, 0.25) is 0 Å². The summed E-state index contributed by atoms with van der Waals surface area (Å²) in [6, 6.07) is 6.98. The Morgan fingerprint density at radius 1 is 1.26 bits per heavy atom. The van der Waals surface area contributed by atoms with Crippen molar-refractivity contribution in [1.29, 1.82) is 0 Å². The van der Waals surface area contributed by atoms with E-state index in [2.05, 4.69) is 23.4 Å². The van der Waals surface area contributed by atoms with E-state index in [0.29, 0.717) is 5.82 Å². The average molecular weight is 482 g/mol. The fraction of sp³-hybridized carbons (Fsp3) is 0.500. The Morgan fingerprint density at radius 2 is 2.03 bits per heavy atom. The van der Waals surface area contributed by atoms with Gasteiger partial charge in [-0.05, 0) is 51.2 Å². The summed E-state index contributed by atoms with van der Waals surface area (Å²) >= 11 is 0. The second-order valence-corrected chi connectivity index (χ2v) is 10.7. The molecule has 186 valence electrons. The van der Waals surface area contributed by atoms with Gasteiger partial charge in [0.15, 0.2) is 0 Å². The topological polar surface area (TPSA) is 81.0 Å². The fourth-order valence-electron chi connectivity index (χ4n) is 4.50. The lowest BCUT2D eigenvalue weighted by Gasteiger charge is -2.24. The van der Waals surface area contributed by atoms with Gasteiger partial charge in [0.1, 0.15) is 29.0 Å². The number of carbonyl (C=O) groups is 1. The van der Waals surface area contributed by atoms with Gasteiger partial charge >= 0.3 is 6.09 Å². The number of likely N-dealkylation sites (tertiary alicyclic amines) is 1. The zero-order valence-electron chi connectivity index (χ0n) is 20.8. The van der Waals surface area contributed by atoms with E-state index in [1.165, 1.54) is 4.90 Å². The predicted octanol–water partition coefficient (Wildman–Crippen LogP) is 4.83. The summed E-state index contributed by atoms with van der Waals surface area (Å²) in [4.78, 5) is 23.1. The largest absolute Gasteiger partial charge is 0.496 e. The van der Waals surface area contributed by atoms with Crippen LogP contribution in [0.5, 0.6) is 5.75 Å². The van der Waals surface area contributed by atoms with Crippen LogP contribution in [0.3, 0.4) is 0 Å². The lowest BCUT2D eigenvalue weighted by Crippen LogP contribution is -2.36. The van der Waals surface area contributed by atoms with Crippen molar-refractivity contribution < 1.29 is 18.7 Å². The number of hydrogen-bond donors (Lipinski definition) is 1. The van der Waals surface area contributed by atoms with E-state index in [9.17, 15) is 9.18 Å². The fourth-order valence-corrected chi connectivity index (χ4v) is 4.50. The molecule has 3 aromatic heterocycles. The highest BCUT2D eigenvalue weighted by atomic mass is 19.1. The highest BCUT2D eigenvalue weighted by Gasteiger charge is 2.42. The molecule has 0 bridgehead atoms. The lowest BCUT2D eigenvalue weighted by atomic mass is 9.99. The first-order valence-electron chi connectivity index (χ1n) is 12.0. The molecule has 0 unspecified atom stereocenters. The second-order valence-electron chi connectivity index (χ2n) is 10.7. The molecule has 1 amide bonds. The molecule has 1 N–H and O–H groups in total. The third-order valence-corrected chi connectivity index (χ3v) is 6.72. The Labute approximate surface area is 204 Å². The molecule has 1 aliphatic carbocycles. The SMILES string of the molecule is COc1cc2ncc(-c3cccc(N[C@H]4CN(C(=O)OC(C)(C)C)C[C@@H]4F)n3)n2cc1C1(C)CC1. The standard InChI is InChI=1S/C26H32FN5O3/c1-25(2,3)35-24(33)31-14-17(27)19(15-31)30-22-8-6-7-18(29-22)20-12-28-23-11-21(34-5)16(13-32(20)23)26(4)9-10-26/h6-8,11-13,17,19H,9-10,14-15H2,1-5H3,(H,29,30)/t17-,19-/m0/s1. The molecular weight excluding hydrogens is 449 g/mol. The molecular formula is C26H32FN5O3. The number of rotatable bonds is 5. The molecule has 3 aromatic rings. The molecule has 8 nitrogen and oxygen atoms in total. The number of pyridine rings is 2. The summed E-state index contributed by atoms with van der Waals surface area (Å²) in [7, 11) is 1.69. The highest BCUT2D eigenvalue weighted by molar-refractivity contribution is 5.69. The summed E-state index contributed by atoms with van der Waals surface area (Å²) in [5, 5.41) is 3.17. The summed E-state index contributed by atoms with van der Waals surface area (Å²) in [5.74, 6) is 1.39. The van der Waals surface area contributed by atoms with E-state index in [-0.39, 0.29) is 18.5 Å². The lowest BCUT2D eigenvalue weighted by molar-refractivity contribution is 0.0283. The normalized spacial score (nSPS) is 21.3. The van der Waals surface area contributed by atoms with Gasteiger partial charge in [-0.3, -0.25) is 4.40 Å². The number of hydrogen-bond acceptors (Lipinski definition) is 6. The maximum atomic E-state index is 14.8.